The molecule has 7 nitrogen and oxygen atoms in total. The van der Waals surface area contributed by atoms with Gasteiger partial charge in [-0.15, -0.1) is 0 Å². The number of nitrogens with zero attached hydrogens (tertiary/aromatic N) is 3. The van der Waals surface area contributed by atoms with E-state index >= 15 is 0 Å². The summed E-state index contributed by atoms with van der Waals surface area (Å²) in [5.74, 6) is 0.969. The van der Waals surface area contributed by atoms with Crippen LogP contribution in [-0.2, 0) is 9.53 Å². The predicted molar refractivity (Wildman–Crippen MR) is 126 cm³/mol. The van der Waals surface area contributed by atoms with Crippen molar-refractivity contribution in [2.24, 2.45) is 5.10 Å². The molecule has 4 rings (SSSR count). The summed E-state index contributed by atoms with van der Waals surface area (Å²) in [6.07, 6.45) is 7.08. The Morgan fingerprint density at radius 2 is 2.03 bits per heavy atom. The summed E-state index contributed by atoms with van der Waals surface area (Å²) in [6, 6.07) is 12.7. The fourth-order valence-corrected chi connectivity index (χ4v) is 4.27. The van der Waals surface area contributed by atoms with Crippen LogP contribution < -0.4 is 10.3 Å². The van der Waals surface area contributed by atoms with Crippen LogP contribution in [0.5, 0.6) is 5.75 Å². The number of methoxy groups -OCH3 is 1. The van der Waals surface area contributed by atoms with Crippen LogP contribution in [0.25, 0.3) is 10.9 Å². The van der Waals surface area contributed by atoms with Crippen molar-refractivity contribution in [2.45, 2.75) is 38.0 Å². The van der Waals surface area contributed by atoms with Crippen molar-refractivity contribution in [3.05, 3.63) is 68.7 Å². The Labute approximate surface area is 194 Å². The second kappa shape index (κ2) is 10.1. The Balaban J connectivity index is 1.71. The molecule has 166 valence electrons. The highest BCUT2D eigenvalue weighted by molar-refractivity contribution is 9.10. The third-order valence-electron chi connectivity index (χ3n) is 5.57. The molecule has 1 heterocycles. The Kier molecular flexibility index (Phi) is 6.99. The second-order valence-electron chi connectivity index (χ2n) is 7.77. The van der Waals surface area contributed by atoms with Crippen LogP contribution in [0.2, 0.25) is 0 Å². The van der Waals surface area contributed by atoms with Gasteiger partial charge < -0.3 is 9.47 Å². The largest absolute Gasteiger partial charge is 0.482 e. The number of benzene rings is 2. The van der Waals surface area contributed by atoms with Crippen molar-refractivity contribution in [1.82, 2.24) is 9.66 Å². The second-order valence-corrected chi connectivity index (χ2v) is 8.68. The molecule has 32 heavy (non-hydrogen) atoms. The maximum atomic E-state index is 13.4. The van der Waals surface area contributed by atoms with E-state index in [9.17, 15) is 9.59 Å². The molecule has 0 bridgehead atoms. The van der Waals surface area contributed by atoms with E-state index in [1.165, 1.54) is 18.2 Å². The molecule has 8 heteroatoms. The SMILES string of the molecule is COC(=O)COc1cccc(C=Nn2c(C3CCCCC3)nc3ccc(Br)cc3c2=O)c1. The van der Waals surface area contributed by atoms with E-state index in [0.717, 1.165) is 35.7 Å². The van der Waals surface area contributed by atoms with Gasteiger partial charge in [-0.2, -0.15) is 9.78 Å². The van der Waals surface area contributed by atoms with Gasteiger partial charge in [0.15, 0.2) is 6.61 Å². The molecule has 0 amide bonds. The summed E-state index contributed by atoms with van der Waals surface area (Å²) < 4.78 is 12.3. The minimum absolute atomic E-state index is 0.175. The van der Waals surface area contributed by atoms with Crippen LogP contribution in [-0.4, -0.2) is 35.6 Å². The fourth-order valence-electron chi connectivity index (χ4n) is 3.91. The zero-order valence-electron chi connectivity index (χ0n) is 17.8. The maximum Gasteiger partial charge on any atom is 0.343 e. The lowest BCUT2D eigenvalue weighted by Crippen LogP contribution is -2.25. The average molecular weight is 498 g/mol. The molecule has 1 aromatic heterocycles. The first-order valence-electron chi connectivity index (χ1n) is 10.6. The summed E-state index contributed by atoms with van der Waals surface area (Å²) in [4.78, 5) is 29.5. The van der Waals surface area contributed by atoms with Gasteiger partial charge in [0.25, 0.3) is 5.56 Å². The smallest absolute Gasteiger partial charge is 0.343 e. The summed E-state index contributed by atoms with van der Waals surface area (Å²) in [7, 11) is 1.31. The van der Waals surface area contributed by atoms with Gasteiger partial charge in [0, 0.05) is 10.4 Å². The summed E-state index contributed by atoms with van der Waals surface area (Å²) in [5, 5.41) is 5.06. The molecule has 0 atom stereocenters. The van der Waals surface area contributed by atoms with E-state index in [1.54, 1.807) is 30.5 Å². The van der Waals surface area contributed by atoms with Gasteiger partial charge in [-0.1, -0.05) is 47.3 Å². The van der Waals surface area contributed by atoms with Crippen LogP contribution in [0.3, 0.4) is 0 Å². The number of hydrogen-bond acceptors (Lipinski definition) is 6. The molecule has 0 spiro atoms. The van der Waals surface area contributed by atoms with Crippen LogP contribution in [0.15, 0.2) is 56.8 Å². The molecular formula is C24H24BrN3O4. The third-order valence-corrected chi connectivity index (χ3v) is 6.06. The van der Waals surface area contributed by atoms with E-state index < -0.39 is 5.97 Å². The first-order valence-corrected chi connectivity index (χ1v) is 11.4. The first kappa shape index (κ1) is 22.2. The molecule has 1 aliphatic rings. The normalized spacial score (nSPS) is 14.7. The number of esters is 1. The quantitative estimate of drug-likeness (QED) is 0.365. The molecule has 2 aromatic carbocycles. The number of carbonyl (C=O) groups is 1. The lowest BCUT2D eigenvalue weighted by molar-refractivity contribution is -0.142. The van der Waals surface area contributed by atoms with Gasteiger partial charge in [0.1, 0.15) is 11.6 Å². The molecular weight excluding hydrogens is 474 g/mol. The Morgan fingerprint density at radius 3 is 2.81 bits per heavy atom. The van der Waals surface area contributed by atoms with Crippen molar-refractivity contribution in [3.8, 4) is 5.75 Å². The Hall–Kier alpha value is -3.00. The zero-order valence-corrected chi connectivity index (χ0v) is 19.4. The standard InChI is InChI=1S/C24H24BrN3O4/c1-31-22(29)15-32-19-9-5-6-16(12-19)14-26-28-23(17-7-3-2-4-8-17)27-21-11-10-18(25)13-20(21)24(28)30/h5-6,9-14,17H,2-4,7-8,15H2,1H3. The molecule has 1 fully saturated rings. The van der Waals surface area contributed by atoms with E-state index in [2.05, 4.69) is 25.8 Å². The summed E-state index contributed by atoms with van der Waals surface area (Å²) >= 11 is 3.44. The fraction of sp³-hybridized carbons (Fsp3) is 0.333. The molecule has 0 N–H and O–H groups in total. The minimum atomic E-state index is -0.457. The number of aromatic nitrogens is 2. The topological polar surface area (TPSA) is 82.8 Å². The number of rotatable bonds is 6. The van der Waals surface area contributed by atoms with Gasteiger partial charge in [-0.3, -0.25) is 4.79 Å². The predicted octanol–water partition coefficient (Wildman–Crippen LogP) is 4.64. The van der Waals surface area contributed by atoms with E-state index in [4.69, 9.17) is 9.72 Å². The minimum Gasteiger partial charge on any atom is -0.482 e. The van der Waals surface area contributed by atoms with Gasteiger partial charge in [0.2, 0.25) is 0 Å². The molecule has 0 saturated heterocycles. The van der Waals surface area contributed by atoms with E-state index in [1.807, 2.05) is 18.2 Å². The van der Waals surface area contributed by atoms with Crippen molar-refractivity contribution in [3.63, 3.8) is 0 Å². The number of halogens is 1. The van der Waals surface area contributed by atoms with Gasteiger partial charge in [0.05, 0.1) is 24.2 Å². The number of carbonyl (C=O) groups excluding carboxylic acids is 1. The van der Waals surface area contributed by atoms with Gasteiger partial charge >= 0.3 is 5.97 Å². The molecule has 3 aromatic rings. The van der Waals surface area contributed by atoms with Crippen molar-refractivity contribution >= 4 is 39.0 Å². The Morgan fingerprint density at radius 1 is 1.22 bits per heavy atom. The van der Waals surface area contributed by atoms with Crippen LogP contribution in [0.1, 0.15) is 49.4 Å². The lowest BCUT2D eigenvalue weighted by Gasteiger charge is -2.22. The van der Waals surface area contributed by atoms with Crippen LogP contribution in [0, 0.1) is 0 Å². The monoisotopic (exact) mass is 497 g/mol. The van der Waals surface area contributed by atoms with Crippen molar-refractivity contribution < 1.29 is 14.3 Å². The van der Waals surface area contributed by atoms with E-state index in [0.29, 0.717) is 22.5 Å². The van der Waals surface area contributed by atoms with Crippen LogP contribution in [0.4, 0.5) is 0 Å². The highest BCUT2D eigenvalue weighted by atomic mass is 79.9. The molecule has 1 saturated carbocycles. The number of fused-ring (bicyclic) bond motifs is 1. The summed E-state index contributed by atoms with van der Waals surface area (Å²) in [5.41, 5.74) is 1.23. The first-order chi connectivity index (χ1) is 15.5. The number of hydrogen-bond donors (Lipinski definition) is 0. The third kappa shape index (κ3) is 5.07. The molecule has 0 radical (unpaired) electrons. The molecule has 1 aliphatic carbocycles. The average Bonchev–Trinajstić information content (AvgIpc) is 2.83. The molecule has 0 unspecified atom stereocenters. The van der Waals surface area contributed by atoms with Gasteiger partial charge in [-0.05, 0) is 48.7 Å². The lowest BCUT2D eigenvalue weighted by atomic mass is 9.88. The maximum absolute atomic E-state index is 13.4. The van der Waals surface area contributed by atoms with Gasteiger partial charge in [-0.25, -0.2) is 9.78 Å². The van der Waals surface area contributed by atoms with Crippen molar-refractivity contribution in [2.75, 3.05) is 13.7 Å². The van der Waals surface area contributed by atoms with Crippen LogP contribution >= 0.6 is 15.9 Å². The highest BCUT2D eigenvalue weighted by Crippen LogP contribution is 2.32. The van der Waals surface area contributed by atoms with Crippen molar-refractivity contribution in [1.29, 1.82) is 0 Å². The zero-order chi connectivity index (χ0) is 22.5. The Bertz CT molecular complexity index is 1220. The van der Waals surface area contributed by atoms with E-state index in [-0.39, 0.29) is 18.1 Å². The number of ether oxygens (including phenoxy) is 2. The molecule has 0 aliphatic heterocycles. The highest BCUT2D eigenvalue weighted by Gasteiger charge is 2.22. The summed E-state index contributed by atoms with van der Waals surface area (Å²) in [6.45, 7) is -0.175.